The Morgan fingerprint density at radius 3 is 2.70 bits per heavy atom. The number of hydrogen-bond acceptors (Lipinski definition) is 5. The second-order valence-electron chi connectivity index (χ2n) is 7.56. The number of aromatic nitrogens is 1. The normalized spacial score (nSPS) is 14.7. The van der Waals surface area contributed by atoms with E-state index in [4.69, 9.17) is 4.74 Å². The summed E-state index contributed by atoms with van der Waals surface area (Å²) in [5.41, 5.74) is 8.70. The van der Waals surface area contributed by atoms with Crippen molar-refractivity contribution in [3.05, 3.63) is 58.4 Å². The fourth-order valence-electron chi connectivity index (χ4n) is 3.71. The number of aryl methyl sites for hydroxylation is 1. The smallest absolute Gasteiger partial charge is 0.237 e. The van der Waals surface area contributed by atoms with E-state index in [1.807, 2.05) is 33.9 Å². The number of hydrogen-bond donors (Lipinski definition) is 1. The topological polar surface area (TPSA) is 63.6 Å². The second-order valence-corrected chi connectivity index (χ2v) is 7.56. The van der Waals surface area contributed by atoms with E-state index in [9.17, 15) is 4.79 Å². The summed E-state index contributed by atoms with van der Waals surface area (Å²) >= 11 is 0. The molecular formula is C25H29N3O2. The summed E-state index contributed by atoms with van der Waals surface area (Å²) < 4.78 is 5.65. The zero-order valence-electron chi connectivity index (χ0n) is 18.6. The molecule has 2 heterocycles. The van der Waals surface area contributed by atoms with Crippen molar-refractivity contribution in [2.75, 3.05) is 18.5 Å². The van der Waals surface area contributed by atoms with Crippen LogP contribution >= 0.6 is 0 Å². The standard InChI is InChI=1S/C25H29N3O2/c1-7-26-13-16(3)17(4)23(19(6)29)21-12-20(9-8-15(21)2)22-14-28-25-24(18(22)5)27-10-11-30-25/h7-9,12-14,27H,10-11H2,1-6H3/b16-13+,23-17+,26-7?. The molecule has 2 aromatic rings. The number of benzene rings is 1. The molecule has 3 rings (SSSR count). The molecule has 5 heteroatoms. The van der Waals surface area contributed by atoms with Gasteiger partial charge in [0.15, 0.2) is 5.78 Å². The van der Waals surface area contributed by atoms with Crippen LogP contribution in [-0.4, -0.2) is 30.1 Å². The number of anilines is 1. The van der Waals surface area contributed by atoms with Crippen LogP contribution in [0.5, 0.6) is 5.88 Å². The van der Waals surface area contributed by atoms with Crippen LogP contribution in [0.15, 0.2) is 46.7 Å². The van der Waals surface area contributed by atoms with Gasteiger partial charge in [0.1, 0.15) is 12.3 Å². The molecular weight excluding hydrogens is 374 g/mol. The maximum absolute atomic E-state index is 12.7. The van der Waals surface area contributed by atoms with Gasteiger partial charge in [0, 0.05) is 36.3 Å². The van der Waals surface area contributed by atoms with E-state index < -0.39 is 0 Å². The first kappa shape index (κ1) is 21.5. The predicted octanol–water partition coefficient (Wildman–Crippen LogP) is 5.53. The van der Waals surface area contributed by atoms with Gasteiger partial charge in [-0.1, -0.05) is 12.1 Å². The molecule has 1 N–H and O–H groups in total. The monoisotopic (exact) mass is 403 g/mol. The second kappa shape index (κ2) is 9.08. The van der Waals surface area contributed by atoms with E-state index in [2.05, 4.69) is 40.4 Å². The number of ketones is 1. The molecule has 0 saturated carbocycles. The zero-order chi connectivity index (χ0) is 21.8. The Bertz CT molecular complexity index is 1080. The molecule has 0 unspecified atom stereocenters. The maximum atomic E-state index is 12.7. The number of rotatable bonds is 5. The highest BCUT2D eigenvalue weighted by atomic mass is 16.5. The highest BCUT2D eigenvalue weighted by Crippen LogP contribution is 2.37. The van der Waals surface area contributed by atoms with E-state index in [0.717, 1.165) is 56.8 Å². The predicted molar refractivity (Wildman–Crippen MR) is 124 cm³/mol. The lowest BCUT2D eigenvalue weighted by Gasteiger charge is -2.22. The van der Waals surface area contributed by atoms with Crippen LogP contribution in [0.25, 0.3) is 16.7 Å². The van der Waals surface area contributed by atoms with E-state index in [1.54, 1.807) is 19.3 Å². The molecule has 1 aromatic carbocycles. The third-order valence-electron chi connectivity index (χ3n) is 5.50. The van der Waals surface area contributed by atoms with Gasteiger partial charge in [-0.05, 0) is 81.0 Å². The molecule has 5 nitrogen and oxygen atoms in total. The Labute approximate surface area is 178 Å². The summed E-state index contributed by atoms with van der Waals surface area (Å²) in [5, 5.41) is 3.39. The summed E-state index contributed by atoms with van der Waals surface area (Å²) in [5.74, 6) is 0.684. The summed E-state index contributed by atoms with van der Waals surface area (Å²) in [7, 11) is 0. The van der Waals surface area contributed by atoms with Gasteiger partial charge in [0.2, 0.25) is 5.88 Å². The maximum Gasteiger partial charge on any atom is 0.237 e. The minimum atomic E-state index is 0.0383. The number of ether oxygens (including phenoxy) is 1. The van der Waals surface area contributed by atoms with Crippen molar-refractivity contribution < 1.29 is 9.53 Å². The molecule has 1 aliphatic heterocycles. The molecule has 30 heavy (non-hydrogen) atoms. The van der Waals surface area contributed by atoms with Crippen LogP contribution in [-0.2, 0) is 4.79 Å². The molecule has 1 aliphatic rings. The Balaban J connectivity index is 2.17. The van der Waals surface area contributed by atoms with Crippen molar-refractivity contribution in [3.8, 4) is 17.0 Å². The fraction of sp³-hybridized carbons (Fsp3) is 0.320. The van der Waals surface area contributed by atoms with Crippen molar-refractivity contribution >= 4 is 23.3 Å². The minimum Gasteiger partial charge on any atom is -0.474 e. The number of carbonyl (C=O) groups excluding carboxylic acids is 1. The number of pyridine rings is 1. The Morgan fingerprint density at radius 1 is 1.23 bits per heavy atom. The summed E-state index contributed by atoms with van der Waals surface area (Å²) in [6.07, 6.45) is 5.38. The number of nitrogens with one attached hydrogen (secondary N) is 1. The van der Waals surface area contributed by atoms with Gasteiger partial charge in [0.05, 0.1) is 0 Å². The van der Waals surface area contributed by atoms with Gasteiger partial charge >= 0.3 is 0 Å². The van der Waals surface area contributed by atoms with Crippen LogP contribution in [0.1, 0.15) is 44.4 Å². The van der Waals surface area contributed by atoms with Crippen molar-refractivity contribution in [2.24, 2.45) is 4.99 Å². The van der Waals surface area contributed by atoms with Crippen LogP contribution in [0, 0.1) is 13.8 Å². The van der Waals surface area contributed by atoms with Crippen molar-refractivity contribution in [2.45, 2.75) is 41.5 Å². The molecule has 0 spiro atoms. The van der Waals surface area contributed by atoms with Gasteiger partial charge in [0.25, 0.3) is 0 Å². The molecule has 1 aromatic heterocycles. The molecule has 0 radical (unpaired) electrons. The number of nitrogens with zero attached hydrogens (tertiary/aromatic N) is 2. The average molecular weight is 404 g/mol. The van der Waals surface area contributed by atoms with E-state index in [0.29, 0.717) is 12.5 Å². The minimum absolute atomic E-state index is 0.0383. The van der Waals surface area contributed by atoms with Crippen LogP contribution in [0.2, 0.25) is 0 Å². The Morgan fingerprint density at radius 2 is 2.00 bits per heavy atom. The van der Waals surface area contributed by atoms with Gasteiger partial charge < -0.3 is 10.1 Å². The van der Waals surface area contributed by atoms with Crippen LogP contribution < -0.4 is 10.1 Å². The van der Waals surface area contributed by atoms with Crippen LogP contribution in [0.3, 0.4) is 0 Å². The van der Waals surface area contributed by atoms with Crippen molar-refractivity contribution in [1.29, 1.82) is 0 Å². The third kappa shape index (κ3) is 4.20. The Hall–Kier alpha value is -3.21. The summed E-state index contributed by atoms with van der Waals surface area (Å²) in [4.78, 5) is 21.4. The zero-order valence-corrected chi connectivity index (χ0v) is 18.6. The largest absolute Gasteiger partial charge is 0.474 e. The molecule has 0 amide bonds. The molecule has 0 bridgehead atoms. The Kier molecular flexibility index (Phi) is 6.50. The van der Waals surface area contributed by atoms with E-state index in [-0.39, 0.29) is 5.78 Å². The molecule has 0 fully saturated rings. The number of fused-ring (bicyclic) bond motifs is 1. The van der Waals surface area contributed by atoms with Gasteiger partial charge in [-0.15, -0.1) is 0 Å². The van der Waals surface area contributed by atoms with E-state index in [1.165, 1.54) is 0 Å². The highest BCUT2D eigenvalue weighted by Gasteiger charge is 2.19. The SMILES string of the molecule is CC=N/C=C(C)/C(C)=C(\C(C)=O)c1cc(-c2cnc3c(c2C)NCCO3)ccc1C. The number of aliphatic imine (C=N–C) groups is 1. The van der Waals surface area contributed by atoms with Crippen molar-refractivity contribution in [1.82, 2.24) is 4.98 Å². The third-order valence-corrected chi connectivity index (χ3v) is 5.50. The molecule has 0 aliphatic carbocycles. The van der Waals surface area contributed by atoms with Crippen LogP contribution in [0.4, 0.5) is 5.69 Å². The van der Waals surface area contributed by atoms with E-state index >= 15 is 0 Å². The average Bonchev–Trinajstić information content (AvgIpc) is 2.73. The summed E-state index contributed by atoms with van der Waals surface area (Å²) in [6.45, 7) is 12.9. The fourth-order valence-corrected chi connectivity index (χ4v) is 3.71. The van der Waals surface area contributed by atoms with Gasteiger partial charge in [-0.25, -0.2) is 4.98 Å². The van der Waals surface area contributed by atoms with Gasteiger partial charge in [-0.2, -0.15) is 0 Å². The quantitative estimate of drug-likeness (QED) is 0.405. The number of allylic oxidation sites excluding steroid dienone is 3. The van der Waals surface area contributed by atoms with Crippen molar-refractivity contribution in [3.63, 3.8) is 0 Å². The number of carbonyl (C=O) groups is 1. The molecule has 0 saturated heterocycles. The highest BCUT2D eigenvalue weighted by molar-refractivity contribution is 6.21. The first-order valence-electron chi connectivity index (χ1n) is 10.2. The molecule has 156 valence electrons. The lowest BCUT2D eigenvalue weighted by atomic mass is 9.88. The lowest BCUT2D eigenvalue weighted by Crippen LogP contribution is -2.20. The lowest BCUT2D eigenvalue weighted by molar-refractivity contribution is -0.111. The molecule has 0 atom stereocenters. The summed E-state index contributed by atoms with van der Waals surface area (Å²) in [6, 6.07) is 6.23. The first-order valence-corrected chi connectivity index (χ1v) is 10.2. The van der Waals surface area contributed by atoms with Gasteiger partial charge in [-0.3, -0.25) is 9.79 Å². The number of Topliss-reactive ketones (excluding diaryl/α,β-unsaturated/α-hetero) is 1. The first-order chi connectivity index (χ1) is 14.3.